The minimum atomic E-state index is -3.05. The molecule has 0 aliphatic heterocycles. The molecule has 0 aromatic carbocycles. The molecule has 3 nitrogen and oxygen atoms in total. The quantitative estimate of drug-likeness (QED) is 0.625. The van der Waals surface area contributed by atoms with E-state index in [0.717, 1.165) is 12.8 Å². The molecule has 0 amide bonds. The first kappa shape index (κ1) is 12.8. The van der Waals surface area contributed by atoms with Crippen LogP contribution in [0.2, 0.25) is 0 Å². The maximum absolute atomic E-state index is 11.5. The first-order chi connectivity index (χ1) is 5.68. The lowest BCUT2D eigenvalue weighted by atomic mass is 10.5. The lowest BCUT2D eigenvalue weighted by molar-refractivity contribution is 0.220. The monoisotopic (exact) mass is 232 g/mol. The molecular formula is C6H14ClO3PS. The Morgan fingerprint density at radius 3 is 1.92 bits per heavy atom. The summed E-state index contributed by atoms with van der Waals surface area (Å²) in [4.78, 5) is 0. The van der Waals surface area contributed by atoms with Gasteiger partial charge in [-0.1, -0.05) is 13.8 Å². The van der Waals surface area contributed by atoms with Crippen molar-refractivity contribution < 1.29 is 13.6 Å². The fourth-order valence-electron chi connectivity index (χ4n) is 0.483. The van der Waals surface area contributed by atoms with E-state index in [4.69, 9.17) is 19.7 Å². The van der Waals surface area contributed by atoms with Crippen molar-refractivity contribution in [2.75, 3.05) is 13.2 Å². The lowest BCUT2D eigenvalue weighted by Crippen LogP contribution is -1.94. The van der Waals surface area contributed by atoms with Gasteiger partial charge in [0.25, 0.3) is 0 Å². The molecule has 0 N–H and O–H groups in total. The maximum atomic E-state index is 11.5. The van der Waals surface area contributed by atoms with Crippen LogP contribution in [-0.4, -0.2) is 13.2 Å². The molecule has 0 radical (unpaired) electrons. The zero-order valence-electron chi connectivity index (χ0n) is 7.29. The van der Waals surface area contributed by atoms with E-state index in [9.17, 15) is 4.57 Å². The molecule has 74 valence electrons. The minimum Gasteiger partial charge on any atom is -0.300 e. The lowest BCUT2D eigenvalue weighted by Gasteiger charge is -2.13. The van der Waals surface area contributed by atoms with E-state index in [-0.39, 0.29) is 0 Å². The largest absolute Gasteiger partial charge is 0.404 e. The SMILES string of the molecule is CCCOP(=O)(OCCC)SCl. The highest BCUT2D eigenvalue weighted by molar-refractivity contribution is 8.66. The van der Waals surface area contributed by atoms with E-state index in [2.05, 4.69) is 0 Å². The Morgan fingerprint density at radius 2 is 1.67 bits per heavy atom. The van der Waals surface area contributed by atoms with Crippen LogP contribution in [0, 0.1) is 0 Å². The van der Waals surface area contributed by atoms with Crippen LogP contribution in [0.1, 0.15) is 26.7 Å². The fourth-order valence-corrected chi connectivity index (χ4v) is 2.85. The third kappa shape index (κ3) is 5.44. The van der Waals surface area contributed by atoms with E-state index in [1.165, 1.54) is 0 Å². The third-order valence-electron chi connectivity index (χ3n) is 0.992. The van der Waals surface area contributed by atoms with Gasteiger partial charge < -0.3 is 0 Å². The molecule has 0 aliphatic carbocycles. The van der Waals surface area contributed by atoms with E-state index in [0.29, 0.717) is 23.8 Å². The smallest absolute Gasteiger partial charge is 0.300 e. The summed E-state index contributed by atoms with van der Waals surface area (Å²) in [6, 6.07) is 0. The van der Waals surface area contributed by atoms with Crippen molar-refractivity contribution in [3.05, 3.63) is 0 Å². The van der Waals surface area contributed by atoms with Crippen molar-refractivity contribution >= 4 is 28.1 Å². The van der Waals surface area contributed by atoms with E-state index >= 15 is 0 Å². The summed E-state index contributed by atoms with van der Waals surface area (Å²) in [5.74, 6) is 0. The van der Waals surface area contributed by atoms with Crippen LogP contribution in [-0.2, 0) is 13.6 Å². The topological polar surface area (TPSA) is 35.5 Å². The van der Waals surface area contributed by atoms with Gasteiger partial charge in [-0.15, -0.1) is 0 Å². The summed E-state index contributed by atoms with van der Waals surface area (Å²) in [5.41, 5.74) is 0. The van der Waals surface area contributed by atoms with Crippen molar-refractivity contribution in [2.24, 2.45) is 0 Å². The van der Waals surface area contributed by atoms with Crippen LogP contribution in [0.25, 0.3) is 0 Å². The second kappa shape index (κ2) is 7.22. The van der Waals surface area contributed by atoms with Gasteiger partial charge in [-0.2, -0.15) is 0 Å². The Morgan fingerprint density at radius 1 is 1.25 bits per heavy atom. The minimum absolute atomic E-state index is 0.417. The molecule has 0 unspecified atom stereocenters. The van der Waals surface area contributed by atoms with Gasteiger partial charge in [0.05, 0.1) is 23.8 Å². The molecule has 0 saturated carbocycles. The molecule has 12 heavy (non-hydrogen) atoms. The van der Waals surface area contributed by atoms with Gasteiger partial charge in [-0.25, -0.2) is 4.57 Å². The molecule has 0 bridgehead atoms. The number of rotatable bonds is 7. The predicted octanol–water partition coefficient (Wildman–Crippen LogP) is 3.83. The average molecular weight is 233 g/mol. The van der Waals surface area contributed by atoms with E-state index < -0.39 is 6.80 Å². The Hall–Kier alpha value is 0.790. The van der Waals surface area contributed by atoms with Crippen molar-refractivity contribution in [2.45, 2.75) is 26.7 Å². The second-order valence-corrected chi connectivity index (χ2v) is 6.73. The van der Waals surface area contributed by atoms with Gasteiger partial charge >= 0.3 is 6.80 Å². The Labute approximate surface area is 81.9 Å². The number of hydrogen-bond donors (Lipinski definition) is 0. The normalized spacial score (nSPS) is 11.9. The van der Waals surface area contributed by atoms with Gasteiger partial charge in [-0.05, 0) is 23.5 Å². The zero-order valence-corrected chi connectivity index (χ0v) is 9.75. The molecule has 0 atom stereocenters. The molecule has 0 aromatic rings. The van der Waals surface area contributed by atoms with Gasteiger partial charge in [0.1, 0.15) is 0 Å². The van der Waals surface area contributed by atoms with Crippen molar-refractivity contribution in [1.29, 1.82) is 0 Å². The molecular weight excluding hydrogens is 219 g/mol. The van der Waals surface area contributed by atoms with Crippen LogP contribution in [0.5, 0.6) is 0 Å². The van der Waals surface area contributed by atoms with Crippen LogP contribution < -0.4 is 0 Å². The summed E-state index contributed by atoms with van der Waals surface area (Å²) in [7, 11) is 6.02. The molecule has 0 fully saturated rings. The average Bonchev–Trinajstić information content (AvgIpc) is 2.11. The molecule has 0 saturated heterocycles. The van der Waals surface area contributed by atoms with Gasteiger partial charge in [0.2, 0.25) is 0 Å². The number of halogens is 1. The highest BCUT2D eigenvalue weighted by Crippen LogP contribution is 2.62. The fraction of sp³-hybridized carbons (Fsp3) is 1.00. The zero-order chi connectivity index (χ0) is 9.45. The van der Waals surface area contributed by atoms with E-state index in [1.54, 1.807) is 0 Å². The van der Waals surface area contributed by atoms with Gasteiger partial charge in [0.15, 0.2) is 0 Å². The summed E-state index contributed by atoms with van der Waals surface area (Å²) in [6.07, 6.45) is 1.61. The highest BCUT2D eigenvalue weighted by Gasteiger charge is 2.24. The van der Waals surface area contributed by atoms with Crippen LogP contribution in [0.3, 0.4) is 0 Å². The molecule has 0 spiro atoms. The first-order valence-corrected chi connectivity index (χ1v) is 7.67. The molecule has 0 rings (SSSR count). The maximum Gasteiger partial charge on any atom is 0.404 e. The summed E-state index contributed by atoms with van der Waals surface area (Å²) >= 11 is 0. The highest BCUT2D eigenvalue weighted by atomic mass is 35.7. The van der Waals surface area contributed by atoms with Crippen molar-refractivity contribution in [3.63, 3.8) is 0 Å². The van der Waals surface area contributed by atoms with E-state index in [1.807, 2.05) is 13.8 Å². The predicted molar refractivity (Wildman–Crippen MR) is 53.5 cm³/mol. The Kier molecular flexibility index (Phi) is 7.69. The van der Waals surface area contributed by atoms with Crippen LogP contribution >= 0.6 is 28.1 Å². The summed E-state index contributed by atoms with van der Waals surface area (Å²) < 4.78 is 21.5. The second-order valence-electron chi connectivity index (χ2n) is 2.18. The molecule has 0 aliphatic rings. The molecule has 0 aromatic heterocycles. The summed E-state index contributed by atoms with van der Waals surface area (Å²) in [5, 5.41) is 0. The number of hydrogen-bond acceptors (Lipinski definition) is 4. The summed E-state index contributed by atoms with van der Waals surface area (Å²) in [6.45, 7) is 1.65. The van der Waals surface area contributed by atoms with Gasteiger partial charge in [-0.3, -0.25) is 9.05 Å². The van der Waals surface area contributed by atoms with Gasteiger partial charge in [0, 0.05) is 0 Å². The third-order valence-corrected chi connectivity index (χ3v) is 4.82. The molecule has 6 heteroatoms. The Balaban J connectivity index is 3.79. The van der Waals surface area contributed by atoms with Crippen LogP contribution in [0.15, 0.2) is 0 Å². The molecule has 0 heterocycles. The van der Waals surface area contributed by atoms with Crippen molar-refractivity contribution in [3.8, 4) is 0 Å². The Bertz CT molecular complexity index is 144. The van der Waals surface area contributed by atoms with Crippen molar-refractivity contribution in [1.82, 2.24) is 0 Å². The van der Waals surface area contributed by atoms with Crippen LogP contribution in [0.4, 0.5) is 0 Å². The first-order valence-electron chi connectivity index (χ1n) is 3.88. The standard InChI is InChI=1S/C6H14ClO3PS/c1-3-5-9-11(8,12-7)10-6-4-2/h3-6H2,1-2H3.